The molecule has 0 aliphatic heterocycles. The Balaban J connectivity index is 2.04. The average Bonchev–Trinajstić information content (AvgIpc) is 2.77. The van der Waals surface area contributed by atoms with Gasteiger partial charge < -0.3 is 10.4 Å². The molecule has 6 nitrogen and oxygen atoms in total. The monoisotopic (exact) mass is 493 g/mol. The molecule has 1 rings (SSSR count). The van der Waals surface area contributed by atoms with Crippen molar-refractivity contribution < 1.29 is 14.7 Å². The van der Waals surface area contributed by atoms with Crippen molar-refractivity contribution in [1.29, 1.82) is 0 Å². The number of unbranched alkanes of at least 4 members (excludes halogenated alkanes) is 13. The van der Waals surface area contributed by atoms with Gasteiger partial charge in [-0.25, -0.2) is 9.97 Å². The number of nitrogens with zero attached hydrogens (tertiary/aromatic N) is 2. The number of nitrogens with one attached hydrogen (secondary N) is 1. The highest BCUT2D eigenvalue weighted by molar-refractivity contribution is 8.00. The molecule has 1 aromatic heterocycles. The van der Waals surface area contributed by atoms with E-state index >= 15 is 0 Å². The molecular weight excluding hydrogens is 446 g/mol. The van der Waals surface area contributed by atoms with Crippen LogP contribution < -0.4 is 5.32 Å². The van der Waals surface area contributed by atoms with Crippen molar-refractivity contribution in [2.24, 2.45) is 0 Å². The Morgan fingerprint density at radius 3 is 1.91 bits per heavy atom. The molecule has 0 radical (unpaired) electrons. The summed E-state index contributed by atoms with van der Waals surface area (Å²) in [7, 11) is 0. The number of anilines is 1. The van der Waals surface area contributed by atoms with Gasteiger partial charge in [0.2, 0.25) is 5.91 Å². The lowest BCUT2D eigenvalue weighted by Gasteiger charge is -2.12. The van der Waals surface area contributed by atoms with Crippen LogP contribution in [0, 0.1) is 13.8 Å². The lowest BCUT2D eigenvalue weighted by molar-refractivity contribution is -0.136. The molecular formula is C27H47N3O3S. The minimum absolute atomic E-state index is 0.148. The van der Waals surface area contributed by atoms with Crippen molar-refractivity contribution >= 4 is 29.5 Å². The summed E-state index contributed by atoms with van der Waals surface area (Å²) in [5.74, 6) is 0.679. The van der Waals surface area contributed by atoms with Gasteiger partial charge in [-0.1, -0.05) is 96.8 Å². The smallest absolute Gasteiger partial charge is 0.316 e. The van der Waals surface area contributed by atoms with Gasteiger partial charge in [-0.2, -0.15) is 0 Å². The SMILES string of the molecule is CCCCCCCCCCCCCCCCC(SCCC(=O)Nc1cc(C)nc(C)n1)C(=O)O. The van der Waals surface area contributed by atoms with Gasteiger partial charge in [0.1, 0.15) is 16.9 Å². The summed E-state index contributed by atoms with van der Waals surface area (Å²) in [6, 6.07) is 1.73. The Hall–Kier alpha value is -1.63. The lowest BCUT2D eigenvalue weighted by atomic mass is 10.0. The van der Waals surface area contributed by atoms with Gasteiger partial charge in [0.25, 0.3) is 0 Å². The number of carboxylic acid groups (broad SMARTS) is 1. The quantitative estimate of drug-likeness (QED) is 0.172. The van der Waals surface area contributed by atoms with E-state index in [2.05, 4.69) is 22.2 Å². The van der Waals surface area contributed by atoms with Crippen LogP contribution in [0.25, 0.3) is 0 Å². The molecule has 0 bridgehead atoms. The predicted molar refractivity (Wildman–Crippen MR) is 144 cm³/mol. The van der Waals surface area contributed by atoms with E-state index in [0.29, 0.717) is 23.8 Å². The summed E-state index contributed by atoms with van der Waals surface area (Å²) in [5, 5.41) is 11.8. The highest BCUT2D eigenvalue weighted by Crippen LogP contribution is 2.21. The van der Waals surface area contributed by atoms with Crippen molar-refractivity contribution in [3.8, 4) is 0 Å². The van der Waals surface area contributed by atoms with Crippen LogP contribution in [0.15, 0.2) is 6.07 Å². The minimum atomic E-state index is -0.776. The number of hydrogen-bond donors (Lipinski definition) is 2. The Kier molecular flexibility index (Phi) is 17.6. The van der Waals surface area contributed by atoms with E-state index < -0.39 is 11.2 Å². The van der Waals surface area contributed by atoms with Crippen LogP contribution in [-0.4, -0.2) is 38.0 Å². The zero-order chi connectivity index (χ0) is 25.0. The molecule has 0 saturated heterocycles. The molecule has 0 fully saturated rings. The Morgan fingerprint density at radius 1 is 0.882 bits per heavy atom. The number of aliphatic carboxylic acids is 1. The van der Waals surface area contributed by atoms with Crippen LogP contribution in [0.4, 0.5) is 5.82 Å². The summed E-state index contributed by atoms with van der Waals surface area (Å²) in [5.41, 5.74) is 0.802. The normalized spacial score (nSPS) is 12.0. The summed E-state index contributed by atoms with van der Waals surface area (Å²) in [6.07, 6.45) is 19.1. The molecule has 1 heterocycles. The van der Waals surface area contributed by atoms with E-state index in [-0.39, 0.29) is 12.3 Å². The highest BCUT2D eigenvalue weighted by atomic mass is 32.2. The number of amides is 1. The molecule has 0 aliphatic carbocycles. The standard InChI is InChI=1S/C27H47N3O3S/c1-4-5-6-7-8-9-10-11-12-13-14-15-16-17-18-24(27(32)33)34-20-19-26(31)30-25-21-22(2)28-23(3)29-25/h21,24H,4-20H2,1-3H3,(H,32,33)(H,28,29,30,31). The van der Waals surface area contributed by atoms with Gasteiger partial charge >= 0.3 is 5.97 Å². The maximum atomic E-state index is 12.2. The number of thioether (sulfide) groups is 1. The third kappa shape index (κ3) is 16.1. The predicted octanol–water partition coefficient (Wildman–Crippen LogP) is 7.48. The fourth-order valence-electron chi connectivity index (χ4n) is 4.08. The summed E-state index contributed by atoms with van der Waals surface area (Å²) >= 11 is 1.37. The molecule has 2 N–H and O–H groups in total. The van der Waals surface area contributed by atoms with Gasteiger partial charge in [-0.15, -0.1) is 11.8 Å². The fraction of sp³-hybridized carbons (Fsp3) is 0.778. The molecule has 1 aromatic rings. The molecule has 194 valence electrons. The third-order valence-corrected chi connectivity index (χ3v) is 7.26. The number of aromatic nitrogens is 2. The van der Waals surface area contributed by atoms with E-state index in [0.717, 1.165) is 18.5 Å². The lowest BCUT2D eigenvalue weighted by Crippen LogP contribution is -2.19. The molecule has 1 unspecified atom stereocenters. The first kappa shape index (κ1) is 30.4. The molecule has 0 saturated carbocycles. The van der Waals surface area contributed by atoms with Crippen molar-refractivity contribution in [2.45, 2.75) is 129 Å². The zero-order valence-corrected chi connectivity index (χ0v) is 22.6. The zero-order valence-electron chi connectivity index (χ0n) is 21.7. The molecule has 0 spiro atoms. The summed E-state index contributed by atoms with van der Waals surface area (Å²) < 4.78 is 0. The Bertz CT molecular complexity index is 679. The highest BCUT2D eigenvalue weighted by Gasteiger charge is 2.18. The minimum Gasteiger partial charge on any atom is -0.480 e. The van der Waals surface area contributed by atoms with Crippen molar-refractivity contribution in [3.05, 3.63) is 17.6 Å². The Labute approximate surface area is 211 Å². The van der Waals surface area contributed by atoms with Crippen LogP contribution in [-0.2, 0) is 9.59 Å². The van der Waals surface area contributed by atoms with E-state index in [1.807, 2.05) is 6.92 Å². The van der Waals surface area contributed by atoms with Crippen molar-refractivity contribution in [1.82, 2.24) is 9.97 Å². The number of carbonyl (C=O) groups is 2. The number of carbonyl (C=O) groups excluding carboxylic acids is 1. The molecule has 34 heavy (non-hydrogen) atoms. The van der Waals surface area contributed by atoms with E-state index in [4.69, 9.17) is 0 Å². The van der Waals surface area contributed by atoms with E-state index in [9.17, 15) is 14.7 Å². The van der Waals surface area contributed by atoms with Crippen molar-refractivity contribution in [3.63, 3.8) is 0 Å². The van der Waals surface area contributed by atoms with Gasteiger partial charge in [-0.3, -0.25) is 9.59 Å². The maximum Gasteiger partial charge on any atom is 0.316 e. The topological polar surface area (TPSA) is 92.2 Å². The van der Waals surface area contributed by atoms with Crippen LogP contribution in [0.5, 0.6) is 0 Å². The fourth-order valence-corrected chi connectivity index (χ4v) is 5.15. The second kappa shape index (κ2) is 19.7. The molecule has 7 heteroatoms. The van der Waals surface area contributed by atoms with Crippen LogP contribution >= 0.6 is 11.8 Å². The first-order valence-electron chi connectivity index (χ1n) is 13.4. The number of hydrogen-bond acceptors (Lipinski definition) is 5. The third-order valence-electron chi connectivity index (χ3n) is 5.98. The summed E-state index contributed by atoms with van der Waals surface area (Å²) in [4.78, 5) is 32.1. The van der Waals surface area contributed by atoms with Crippen LogP contribution in [0.1, 0.15) is 121 Å². The maximum absolute atomic E-state index is 12.2. The number of carboxylic acids is 1. The van der Waals surface area contributed by atoms with Gasteiger partial charge in [0, 0.05) is 23.9 Å². The second-order valence-electron chi connectivity index (χ2n) is 9.32. The van der Waals surface area contributed by atoms with Crippen molar-refractivity contribution in [2.75, 3.05) is 11.1 Å². The largest absolute Gasteiger partial charge is 0.480 e. The molecule has 1 amide bonds. The number of aryl methyl sites for hydroxylation is 2. The molecule has 0 aromatic carbocycles. The van der Waals surface area contributed by atoms with Gasteiger partial charge in [-0.05, 0) is 20.3 Å². The first-order valence-corrected chi connectivity index (χ1v) is 14.4. The van der Waals surface area contributed by atoms with Gasteiger partial charge in [0.15, 0.2) is 0 Å². The molecule has 0 aliphatic rings. The average molecular weight is 494 g/mol. The number of rotatable bonds is 21. The van der Waals surface area contributed by atoms with Gasteiger partial charge in [0.05, 0.1) is 0 Å². The second-order valence-corrected chi connectivity index (χ2v) is 10.6. The Morgan fingerprint density at radius 2 is 1.41 bits per heavy atom. The van der Waals surface area contributed by atoms with Crippen LogP contribution in [0.3, 0.4) is 0 Å². The molecule has 1 atom stereocenters. The van der Waals surface area contributed by atoms with Crippen LogP contribution in [0.2, 0.25) is 0 Å². The van der Waals surface area contributed by atoms with E-state index in [1.54, 1.807) is 13.0 Å². The first-order chi connectivity index (χ1) is 16.4. The summed E-state index contributed by atoms with van der Waals surface area (Å²) in [6.45, 7) is 5.90. The van der Waals surface area contributed by atoms with E-state index in [1.165, 1.54) is 88.8 Å².